The van der Waals surface area contributed by atoms with Crippen molar-refractivity contribution in [1.82, 2.24) is 14.6 Å². The first-order valence-corrected chi connectivity index (χ1v) is 13.7. The topological polar surface area (TPSA) is 86.8 Å². The zero-order chi connectivity index (χ0) is 25.4. The van der Waals surface area contributed by atoms with E-state index in [1.807, 2.05) is 53.7 Å². The van der Waals surface area contributed by atoms with Gasteiger partial charge >= 0.3 is 6.09 Å². The Bertz CT molecular complexity index is 769. The molecule has 0 aliphatic carbocycles. The molecule has 1 amide bonds. The monoisotopic (exact) mass is 515 g/mol. The molecule has 9 heteroatoms. The quantitative estimate of drug-likeness (QED) is 0.245. The lowest BCUT2D eigenvalue weighted by atomic mass is 10.0. The second-order valence-corrected chi connectivity index (χ2v) is 13.2. The standard InChI is InChI=1S/C25H42ClN3O4S/c1-24(2,3)33-23(30)29-16-14-21(18-29)32-17-8-7-11-20(28-34(31)25(4,5)6)13-12-19-10-9-15-27-22(19)26/h9-10,15,20-21,28H,7-8,11-14,16-18H2,1-6H3/t20?,21-,34?/m1/s1. The van der Waals surface area contributed by atoms with Crippen LogP contribution >= 0.6 is 11.6 Å². The Morgan fingerprint density at radius 2 is 2.03 bits per heavy atom. The number of hydrogen-bond acceptors (Lipinski definition) is 6. The first kappa shape index (κ1) is 29.2. The van der Waals surface area contributed by atoms with Crippen LogP contribution in [0.4, 0.5) is 4.79 Å². The summed E-state index contributed by atoms with van der Waals surface area (Å²) in [6.07, 6.45) is 6.70. The molecule has 194 valence electrons. The molecule has 1 aromatic heterocycles. The molecule has 0 bridgehead atoms. The Balaban J connectivity index is 1.74. The fourth-order valence-corrected chi connectivity index (χ4v) is 4.73. The molecule has 0 spiro atoms. The number of ether oxygens (including phenoxy) is 2. The van der Waals surface area contributed by atoms with Gasteiger partial charge in [-0.25, -0.2) is 9.78 Å². The van der Waals surface area contributed by atoms with Gasteiger partial charge in [0.2, 0.25) is 0 Å². The fourth-order valence-electron chi connectivity index (χ4n) is 3.63. The maximum Gasteiger partial charge on any atom is 0.410 e. The summed E-state index contributed by atoms with van der Waals surface area (Å²) in [5.74, 6) is 0. The second kappa shape index (κ2) is 13.3. The van der Waals surface area contributed by atoms with Crippen LogP contribution < -0.4 is 4.72 Å². The van der Waals surface area contributed by atoms with E-state index in [-0.39, 0.29) is 23.0 Å². The minimum absolute atomic E-state index is 0.0579. The van der Waals surface area contributed by atoms with Crippen molar-refractivity contribution in [1.29, 1.82) is 0 Å². The number of halogens is 1. The maximum atomic E-state index is 12.7. The number of hydrogen-bond donors (Lipinski definition) is 1. The Labute approximate surface area is 213 Å². The molecule has 2 heterocycles. The summed E-state index contributed by atoms with van der Waals surface area (Å²) < 4.78 is 27.1. The van der Waals surface area contributed by atoms with E-state index < -0.39 is 17.0 Å². The summed E-state index contributed by atoms with van der Waals surface area (Å²) >= 11 is 5.08. The van der Waals surface area contributed by atoms with E-state index in [4.69, 9.17) is 21.1 Å². The number of nitrogens with zero attached hydrogens (tertiary/aromatic N) is 2. The Morgan fingerprint density at radius 3 is 2.68 bits per heavy atom. The van der Waals surface area contributed by atoms with Gasteiger partial charge in [-0.1, -0.05) is 17.7 Å². The predicted molar refractivity (Wildman–Crippen MR) is 138 cm³/mol. The van der Waals surface area contributed by atoms with E-state index in [1.54, 1.807) is 11.1 Å². The number of aryl methyl sites for hydroxylation is 1. The minimum atomic E-state index is -1.14. The van der Waals surface area contributed by atoms with Crippen LogP contribution in [0.25, 0.3) is 0 Å². The molecule has 1 N–H and O–H groups in total. The molecule has 2 rings (SSSR count). The third kappa shape index (κ3) is 10.7. The maximum absolute atomic E-state index is 12.7. The Morgan fingerprint density at radius 1 is 1.29 bits per heavy atom. The lowest BCUT2D eigenvalue weighted by molar-refractivity contribution is 0.0206. The van der Waals surface area contributed by atoms with Gasteiger partial charge in [0.1, 0.15) is 15.5 Å². The van der Waals surface area contributed by atoms with Gasteiger partial charge in [-0.3, -0.25) is 0 Å². The molecular formula is C25H42ClN3O4S. The molecule has 0 saturated carbocycles. The van der Waals surface area contributed by atoms with Gasteiger partial charge in [-0.05, 0) is 91.7 Å². The molecule has 0 aromatic carbocycles. The van der Waals surface area contributed by atoms with Gasteiger partial charge in [0, 0.05) is 30.7 Å². The van der Waals surface area contributed by atoms with Crippen LogP contribution in [0.5, 0.6) is 0 Å². The van der Waals surface area contributed by atoms with Gasteiger partial charge in [-0.15, -0.1) is 4.72 Å². The SMILES string of the molecule is CC(C)(C)OC(=O)N1CC[C@@H](OCCCCC(CCc2cccnc2Cl)N[S+]([O-])C(C)(C)C)C1. The van der Waals surface area contributed by atoms with Crippen molar-refractivity contribution in [2.45, 2.75) is 103 Å². The molecule has 34 heavy (non-hydrogen) atoms. The van der Waals surface area contributed by atoms with Gasteiger partial charge < -0.3 is 18.9 Å². The number of aromatic nitrogens is 1. The highest BCUT2D eigenvalue weighted by atomic mass is 35.5. The van der Waals surface area contributed by atoms with Crippen LogP contribution in [0.15, 0.2) is 18.3 Å². The van der Waals surface area contributed by atoms with Gasteiger partial charge in [0.25, 0.3) is 0 Å². The normalized spacial score (nSPS) is 18.7. The van der Waals surface area contributed by atoms with Crippen LogP contribution in [0, 0.1) is 0 Å². The summed E-state index contributed by atoms with van der Waals surface area (Å²) in [7, 11) is 0. The zero-order valence-corrected chi connectivity index (χ0v) is 23.1. The Hall–Kier alpha value is -1.06. The van der Waals surface area contributed by atoms with Crippen LogP contribution in [-0.2, 0) is 27.3 Å². The second-order valence-electron chi connectivity index (χ2n) is 10.9. The first-order valence-electron chi connectivity index (χ1n) is 12.2. The van der Waals surface area contributed by atoms with Crippen molar-refractivity contribution < 1.29 is 18.8 Å². The van der Waals surface area contributed by atoms with Crippen LogP contribution in [-0.4, -0.2) is 62.7 Å². The van der Waals surface area contributed by atoms with Crippen LogP contribution in [0.3, 0.4) is 0 Å². The minimum Gasteiger partial charge on any atom is -0.598 e. The van der Waals surface area contributed by atoms with E-state index in [9.17, 15) is 9.35 Å². The zero-order valence-electron chi connectivity index (χ0n) is 21.6. The first-order chi connectivity index (χ1) is 15.8. The summed E-state index contributed by atoms with van der Waals surface area (Å²) in [6, 6.07) is 4.00. The lowest BCUT2D eigenvalue weighted by Crippen LogP contribution is -2.44. The van der Waals surface area contributed by atoms with E-state index in [1.165, 1.54) is 0 Å². The molecule has 0 radical (unpaired) electrons. The van der Waals surface area contributed by atoms with E-state index in [2.05, 4.69) is 9.71 Å². The predicted octanol–water partition coefficient (Wildman–Crippen LogP) is 5.28. The van der Waals surface area contributed by atoms with Crippen molar-refractivity contribution in [3.8, 4) is 0 Å². The summed E-state index contributed by atoms with van der Waals surface area (Å²) in [4.78, 5) is 18.1. The van der Waals surface area contributed by atoms with Gasteiger partial charge in [0.05, 0.1) is 18.7 Å². The molecule has 3 atom stereocenters. The van der Waals surface area contributed by atoms with E-state index in [0.29, 0.717) is 24.8 Å². The van der Waals surface area contributed by atoms with Crippen LogP contribution in [0.1, 0.15) is 79.2 Å². The van der Waals surface area contributed by atoms with Crippen molar-refractivity contribution >= 4 is 29.1 Å². The molecule has 7 nitrogen and oxygen atoms in total. The molecule has 1 aromatic rings. The average Bonchev–Trinajstić information content (AvgIpc) is 3.19. The molecule has 1 fully saturated rings. The highest BCUT2D eigenvalue weighted by Gasteiger charge is 2.31. The highest BCUT2D eigenvalue weighted by Crippen LogP contribution is 2.21. The van der Waals surface area contributed by atoms with Gasteiger partial charge in [-0.2, -0.15) is 0 Å². The van der Waals surface area contributed by atoms with Crippen molar-refractivity contribution in [3.05, 3.63) is 29.0 Å². The molecule has 2 unspecified atom stereocenters. The summed E-state index contributed by atoms with van der Waals surface area (Å²) in [6.45, 7) is 13.4. The molecule has 1 aliphatic rings. The number of nitrogens with one attached hydrogen (secondary N) is 1. The van der Waals surface area contributed by atoms with Crippen LogP contribution in [0.2, 0.25) is 5.15 Å². The molecular weight excluding hydrogens is 474 g/mol. The largest absolute Gasteiger partial charge is 0.598 e. The van der Waals surface area contributed by atoms with E-state index >= 15 is 0 Å². The van der Waals surface area contributed by atoms with Crippen molar-refractivity contribution in [2.24, 2.45) is 0 Å². The number of carbonyl (C=O) groups is 1. The number of carbonyl (C=O) groups excluding carboxylic acids is 1. The third-order valence-corrected chi connectivity index (χ3v) is 7.53. The summed E-state index contributed by atoms with van der Waals surface area (Å²) in [5.41, 5.74) is 0.524. The lowest BCUT2D eigenvalue weighted by Gasteiger charge is -2.28. The fraction of sp³-hybridized carbons (Fsp3) is 0.760. The number of rotatable bonds is 11. The number of amides is 1. The Kier molecular flexibility index (Phi) is 11.4. The van der Waals surface area contributed by atoms with Crippen molar-refractivity contribution in [2.75, 3.05) is 19.7 Å². The average molecular weight is 516 g/mol. The molecule has 1 saturated heterocycles. The summed E-state index contributed by atoms with van der Waals surface area (Å²) in [5, 5.41) is 0.531. The number of likely N-dealkylation sites (tertiary alicyclic amines) is 1. The van der Waals surface area contributed by atoms with Crippen molar-refractivity contribution in [3.63, 3.8) is 0 Å². The number of unbranched alkanes of at least 4 members (excludes halogenated alkanes) is 1. The number of pyridine rings is 1. The smallest absolute Gasteiger partial charge is 0.410 e. The molecule has 1 aliphatic heterocycles. The third-order valence-electron chi connectivity index (χ3n) is 5.53. The van der Waals surface area contributed by atoms with E-state index in [0.717, 1.165) is 44.1 Å². The highest BCUT2D eigenvalue weighted by molar-refractivity contribution is 7.90. The van der Waals surface area contributed by atoms with Gasteiger partial charge in [0.15, 0.2) is 0 Å².